The molecular formula is C15H15N5O. The topological polar surface area (TPSA) is 86.8 Å². The van der Waals surface area contributed by atoms with Gasteiger partial charge in [-0.25, -0.2) is 0 Å². The second kappa shape index (κ2) is 5.70. The highest BCUT2D eigenvalue weighted by atomic mass is 16.5. The van der Waals surface area contributed by atoms with E-state index in [0.29, 0.717) is 12.4 Å². The fourth-order valence-corrected chi connectivity index (χ4v) is 1.96. The zero-order valence-electron chi connectivity index (χ0n) is 11.7. The molecule has 1 aromatic carbocycles. The van der Waals surface area contributed by atoms with Crippen LogP contribution in [-0.2, 0) is 0 Å². The van der Waals surface area contributed by atoms with Gasteiger partial charge in [-0.2, -0.15) is 15.0 Å². The number of hydrogen-bond donors (Lipinski definition) is 1. The maximum atomic E-state index is 5.72. The summed E-state index contributed by atoms with van der Waals surface area (Å²) in [6.45, 7) is 2.56. The van der Waals surface area contributed by atoms with Crippen LogP contribution in [0.5, 0.6) is 6.01 Å². The van der Waals surface area contributed by atoms with E-state index in [-0.39, 0.29) is 12.0 Å². The molecule has 0 bridgehead atoms. The number of ether oxygens (including phenoxy) is 1. The third-order valence-corrected chi connectivity index (χ3v) is 2.93. The van der Waals surface area contributed by atoms with Gasteiger partial charge in [-0.3, -0.25) is 4.98 Å². The normalized spacial score (nSPS) is 10.7. The van der Waals surface area contributed by atoms with E-state index in [0.717, 1.165) is 22.9 Å². The number of nitrogen functional groups attached to an aromatic ring is 1. The molecule has 2 N–H and O–H groups in total. The lowest BCUT2D eigenvalue weighted by atomic mass is 10.1. The standard InChI is InChI=1S/C15H15N5O/c1-2-8-21-15-19-13(18-14(16)20-15)11-6-5-10-4-3-7-17-12(10)9-11/h3-7,9H,2,8H2,1H3,(H2,16,18,19,20). The maximum Gasteiger partial charge on any atom is 0.321 e. The predicted octanol–water partition coefficient (Wildman–Crippen LogP) is 2.46. The minimum absolute atomic E-state index is 0.146. The van der Waals surface area contributed by atoms with Gasteiger partial charge in [-0.05, 0) is 18.6 Å². The van der Waals surface area contributed by atoms with Crippen LogP contribution in [0.4, 0.5) is 5.95 Å². The maximum absolute atomic E-state index is 5.72. The van der Waals surface area contributed by atoms with Crippen LogP contribution >= 0.6 is 0 Å². The van der Waals surface area contributed by atoms with E-state index in [4.69, 9.17) is 10.5 Å². The molecule has 0 saturated heterocycles. The summed E-state index contributed by atoms with van der Waals surface area (Å²) in [6, 6.07) is 9.99. The minimum atomic E-state index is 0.146. The van der Waals surface area contributed by atoms with Gasteiger partial charge in [0.15, 0.2) is 5.82 Å². The molecule has 6 heteroatoms. The van der Waals surface area contributed by atoms with Crippen molar-refractivity contribution in [3.63, 3.8) is 0 Å². The number of nitrogens with zero attached hydrogens (tertiary/aromatic N) is 4. The van der Waals surface area contributed by atoms with Crippen molar-refractivity contribution in [1.29, 1.82) is 0 Å². The molecule has 0 radical (unpaired) electrons. The number of pyridine rings is 1. The van der Waals surface area contributed by atoms with Crippen LogP contribution in [0.15, 0.2) is 36.5 Å². The third-order valence-electron chi connectivity index (χ3n) is 2.93. The van der Waals surface area contributed by atoms with Crippen molar-refractivity contribution in [2.75, 3.05) is 12.3 Å². The van der Waals surface area contributed by atoms with E-state index in [2.05, 4.69) is 19.9 Å². The van der Waals surface area contributed by atoms with Crippen molar-refractivity contribution in [3.05, 3.63) is 36.5 Å². The largest absolute Gasteiger partial charge is 0.463 e. The number of anilines is 1. The number of nitrogens with two attached hydrogens (primary N) is 1. The van der Waals surface area contributed by atoms with Gasteiger partial charge < -0.3 is 10.5 Å². The highest BCUT2D eigenvalue weighted by Crippen LogP contribution is 2.22. The van der Waals surface area contributed by atoms with E-state index in [1.807, 2.05) is 37.3 Å². The summed E-state index contributed by atoms with van der Waals surface area (Å²) in [7, 11) is 0. The third kappa shape index (κ3) is 2.89. The second-order valence-electron chi connectivity index (χ2n) is 4.56. The lowest BCUT2D eigenvalue weighted by molar-refractivity contribution is 0.292. The van der Waals surface area contributed by atoms with Crippen LogP contribution in [0.3, 0.4) is 0 Å². The molecule has 2 heterocycles. The summed E-state index contributed by atoms with van der Waals surface area (Å²) in [5, 5.41) is 1.06. The zero-order valence-corrected chi connectivity index (χ0v) is 11.7. The van der Waals surface area contributed by atoms with Gasteiger partial charge in [0.05, 0.1) is 12.1 Å². The summed E-state index contributed by atoms with van der Waals surface area (Å²) < 4.78 is 5.43. The Morgan fingerprint density at radius 3 is 2.90 bits per heavy atom. The molecule has 2 aromatic heterocycles. The SMILES string of the molecule is CCCOc1nc(N)nc(-c2ccc3cccnc3c2)n1. The van der Waals surface area contributed by atoms with Crippen molar-refractivity contribution in [3.8, 4) is 17.4 Å². The van der Waals surface area contributed by atoms with Gasteiger partial charge in [-0.1, -0.05) is 25.1 Å². The minimum Gasteiger partial charge on any atom is -0.463 e. The Balaban J connectivity index is 2.02. The summed E-state index contributed by atoms with van der Waals surface area (Å²) in [6.07, 6.45) is 2.63. The molecule has 0 amide bonds. The summed E-state index contributed by atoms with van der Waals surface area (Å²) >= 11 is 0. The number of benzene rings is 1. The molecule has 0 unspecified atom stereocenters. The first-order valence-corrected chi connectivity index (χ1v) is 6.76. The van der Waals surface area contributed by atoms with Crippen LogP contribution in [0.25, 0.3) is 22.3 Å². The predicted molar refractivity (Wildman–Crippen MR) is 80.8 cm³/mol. The van der Waals surface area contributed by atoms with Crippen LogP contribution in [-0.4, -0.2) is 26.5 Å². The Kier molecular flexibility index (Phi) is 3.59. The fraction of sp³-hybridized carbons (Fsp3) is 0.200. The Hall–Kier alpha value is -2.76. The number of hydrogen-bond acceptors (Lipinski definition) is 6. The lowest BCUT2D eigenvalue weighted by Crippen LogP contribution is -2.05. The first-order valence-electron chi connectivity index (χ1n) is 6.76. The van der Waals surface area contributed by atoms with Gasteiger partial charge >= 0.3 is 6.01 Å². The van der Waals surface area contributed by atoms with Crippen molar-refractivity contribution < 1.29 is 4.74 Å². The summed E-state index contributed by atoms with van der Waals surface area (Å²) in [5.41, 5.74) is 7.43. The van der Waals surface area contributed by atoms with Crippen LogP contribution in [0.1, 0.15) is 13.3 Å². The molecule has 0 aliphatic carbocycles. The average molecular weight is 281 g/mol. The van der Waals surface area contributed by atoms with Crippen LogP contribution in [0, 0.1) is 0 Å². The lowest BCUT2D eigenvalue weighted by Gasteiger charge is -2.06. The number of rotatable bonds is 4. The molecule has 0 aliphatic heterocycles. The highest BCUT2D eigenvalue weighted by Gasteiger charge is 2.08. The fourth-order valence-electron chi connectivity index (χ4n) is 1.96. The molecule has 0 fully saturated rings. The number of aromatic nitrogens is 4. The van der Waals surface area contributed by atoms with Gasteiger partial charge in [0.2, 0.25) is 5.95 Å². The van der Waals surface area contributed by atoms with E-state index in [9.17, 15) is 0 Å². The zero-order chi connectivity index (χ0) is 14.7. The smallest absolute Gasteiger partial charge is 0.321 e. The van der Waals surface area contributed by atoms with Crippen LogP contribution in [0.2, 0.25) is 0 Å². The monoisotopic (exact) mass is 281 g/mol. The Morgan fingerprint density at radius 2 is 2.05 bits per heavy atom. The van der Waals surface area contributed by atoms with Gasteiger partial charge in [-0.15, -0.1) is 0 Å². The Morgan fingerprint density at radius 1 is 1.14 bits per heavy atom. The van der Waals surface area contributed by atoms with E-state index in [1.54, 1.807) is 6.20 Å². The van der Waals surface area contributed by atoms with Gasteiger partial charge in [0.25, 0.3) is 0 Å². The van der Waals surface area contributed by atoms with Gasteiger partial charge in [0.1, 0.15) is 0 Å². The van der Waals surface area contributed by atoms with E-state index >= 15 is 0 Å². The van der Waals surface area contributed by atoms with Crippen molar-refractivity contribution >= 4 is 16.9 Å². The molecular weight excluding hydrogens is 266 g/mol. The summed E-state index contributed by atoms with van der Waals surface area (Å²) in [4.78, 5) is 16.8. The second-order valence-corrected chi connectivity index (χ2v) is 4.56. The van der Waals surface area contributed by atoms with Gasteiger partial charge in [0, 0.05) is 17.1 Å². The van der Waals surface area contributed by atoms with Crippen LogP contribution < -0.4 is 10.5 Å². The Labute approximate surface area is 122 Å². The van der Waals surface area contributed by atoms with E-state index in [1.165, 1.54) is 0 Å². The molecule has 6 nitrogen and oxygen atoms in total. The first-order chi connectivity index (χ1) is 10.3. The van der Waals surface area contributed by atoms with Crippen molar-refractivity contribution in [1.82, 2.24) is 19.9 Å². The molecule has 0 aliphatic rings. The molecule has 0 atom stereocenters. The Bertz CT molecular complexity index is 775. The molecule has 21 heavy (non-hydrogen) atoms. The van der Waals surface area contributed by atoms with Crippen molar-refractivity contribution in [2.45, 2.75) is 13.3 Å². The number of fused-ring (bicyclic) bond motifs is 1. The molecule has 106 valence electrons. The molecule has 0 saturated carbocycles. The average Bonchev–Trinajstić information content (AvgIpc) is 2.52. The molecule has 3 rings (SSSR count). The highest BCUT2D eigenvalue weighted by molar-refractivity contribution is 5.82. The van der Waals surface area contributed by atoms with Crippen molar-refractivity contribution in [2.24, 2.45) is 0 Å². The molecule has 0 spiro atoms. The van der Waals surface area contributed by atoms with E-state index < -0.39 is 0 Å². The quantitative estimate of drug-likeness (QED) is 0.790. The first kappa shape index (κ1) is 13.2. The summed E-state index contributed by atoms with van der Waals surface area (Å²) in [5.74, 6) is 0.633. The molecule has 3 aromatic rings.